The number of sulfone groups is 1. The fourth-order valence-corrected chi connectivity index (χ4v) is 5.84. The molecule has 0 radical (unpaired) electrons. The Hall–Kier alpha value is -0.700. The summed E-state index contributed by atoms with van der Waals surface area (Å²) in [6.07, 6.45) is 1.88. The van der Waals surface area contributed by atoms with Crippen molar-refractivity contribution < 1.29 is 22.7 Å². The fraction of sp³-hybridized carbons (Fsp3) is 0.938. The molecular formula is C16H26N2O5S. The third-order valence-corrected chi connectivity index (χ3v) is 8.10. The van der Waals surface area contributed by atoms with E-state index in [1.54, 1.807) is 4.90 Å². The number of likely N-dealkylation sites (tertiary alicyclic amines) is 1. The van der Waals surface area contributed by atoms with Crippen molar-refractivity contribution in [2.24, 2.45) is 5.41 Å². The van der Waals surface area contributed by atoms with Crippen LogP contribution in [0.25, 0.3) is 0 Å². The zero-order chi connectivity index (χ0) is 17.0. The number of nitrogens with zero attached hydrogens (tertiary/aromatic N) is 2. The summed E-state index contributed by atoms with van der Waals surface area (Å²) in [5, 5.41) is -0.466. The second-order valence-corrected chi connectivity index (χ2v) is 10.3. The number of carbonyl (C=O) groups excluding carboxylic acids is 1. The van der Waals surface area contributed by atoms with E-state index in [0.717, 1.165) is 25.9 Å². The van der Waals surface area contributed by atoms with E-state index in [1.807, 2.05) is 6.92 Å². The molecule has 8 heteroatoms. The van der Waals surface area contributed by atoms with Gasteiger partial charge in [0, 0.05) is 25.0 Å². The van der Waals surface area contributed by atoms with Crippen LogP contribution in [0.3, 0.4) is 0 Å². The van der Waals surface area contributed by atoms with Gasteiger partial charge in [0.25, 0.3) is 0 Å². The zero-order valence-electron chi connectivity index (χ0n) is 14.2. The van der Waals surface area contributed by atoms with Gasteiger partial charge in [-0.2, -0.15) is 0 Å². The number of carbonyl (C=O) groups is 1. The predicted molar refractivity (Wildman–Crippen MR) is 87.4 cm³/mol. The largest absolute Gasteiger partial charge is 0.379 e. The lowest BCUT2D eigenvalue weighted by Gasteiger charge is -2.53. The minimum Gasteiger partial charge on any atom is -0.379 e. The molecule has 0 N–H and O–H groups in total. The van der Waals surface area contributed by atoms with Gasteiger partial charge in [0.2, 0.25) is 5.91 Å². The maximum absolute atomic E-state index is 12.7. The lowest BCUT2D eigenvalue weighted by atomic mass is 9.93. The molecule has 136 valence electrons. The Morgan fingerprint density at radius 1 is 1.21 bits per heavy atom. The molecule has 0 aromatic carbocycles. The molecule has 7 nitrogen and oxygen atoms in total. The Balaban J connectivity index is 1.35. The van der Waals surface area contributed by atoms with Gasteiger partial charge in [-0.3, -0.25) is 9.69 Å². The van der Waals surface area contributed by atoms with Gasteiger partial charge in [0.15, 0.2) is 9.84 Å². The molecule has 1 aliphatic carbocycles. The molecule has 0 aromatic heterocycles. The van der Waals surface area contributed by atoms with Crippen molar-refractivity contribution in [3.05, 3.63) is 0 Å². The van der Waals surface area contributed by atoms with Gasteiger partial charge in [0.05, 0.1) is 43.9 Å². The smallest absolute Gasteiger partial charge is 0.228 e. The highest BCUT2D eigenvalue weighted by atomic mass is 32.2. The summed E-state index contributed by atoms with van der Waals surface area (Å²) in [4.78, 5) is 16.2. The number of morpholine rings is 1. The van der Waals surface area contributed by atoms with Gasteiger partial charge in [-0.15, -0.1) is 0 Å². The minimum atomic E-state index is -3.21. The Kier molecular flexibility index (Phi) is 3.95. The fourth-order valence-electron chi connectivity index (χ4n) is 3.90. The van der Waals surface area contributed by atoms with Crippen molar-refractivity contribution in [2.45, 2.75) is 30.6 Å². The van der Waals surface area contributed by atoms with Crippen LogP contribution in [0, 0.1) is 5.41 Å². The standard InChI is InChI=1S/C16H26N2O5S/c1-15(2-3-15)14(19)18-10-16(11-18)12-24(20,21)13(9-23-16)8-17-4-6-22-7-5-17/h13H,2-12H2,1H3/t13-/m0/s1. The van der Waals surface area contributed by atoms with Gasteiger partial charge in [-0.25, -0.2) is 8.42 Å². The van der Waals surface area contributed by atoms with Crippen LogP contribution < -0.4 is 0 Å². The van der Waals surface area contributed by atoms with Crippen LogP contribution in [0.5, 0.6) is 0 Å². The highest BCUT2D eigenvalue weighted by Gasteiger charge is 2.57. The third kappa shape index (κ3) is 2.98. The molecule has 1 spiro atoms. The van der Waals surface area contributed by atoms with E-state index in [-0.39, 0.29) is 23.7 Å². The van der Waals surface area contributed by atoms with E-state index in [2.05, 4.69) is 4.90 Å². The lowest BCUT2D eigenvalue weighted by Crippen LogP contribution is -2.71. The normalized spacial score (nSPS) is 33.9. The average molecular weight is 358 g/mol. The Labute approximate surface area is 143 Å². The maximum Gasteiger partial charge on any atom is 0.228 e. The summed E-state index contributed by atoms with van der Waals surface area (Å²) in [5.74, 6) is 0.194. The number of hydrogen-bond donors (Lipinski definition) is 0. The molecule has 4 fully saturated rings. The Morgan fingerprint density at radius 2 is 1.88 bits per heavy atom. The summed E-state index contributed by atoms with van der Waals surface area (Å²) in [6.45, 7) is 6.45. The molecule has 1 saturated carbocycles. The molecule has 3 heterocycles. The van der Waals surface area contributed by atoms with Crippen LogP contribution in [-0.4, -0.2) is 93.3 Å². The van der Waals surface area contributed by atoms with E-state index in [4.69, 9.17) is 9.47 Å². The first kappa shape index (κ1) is 16.8. The molecule has 3 saturated heterocycles. The summed E-state index contributed by atoms with van der Waals surface area (Å²) >= 11 is 0. The van der Waals surface area contributed by atoms with Crippen molar-refractivity contribution in [1.29, 1.82) is 0 Å². The van der Waals surface area contributed by atoms with Crippen molar-refractivity contribution >= 4 is 15.7 Å². The van der Waals surface area contributed by atoms with Gasteiger partial charge in [0.1, 0.15) is 5.60 Å². The lowest BCUT2D eigenvalue weighted by molar-refractivity contribution is -0.169. The van der Waals surface area contributed by atoms with Crippen LogP contribution in [0.4, 0.5) is 0 Å². The molecule has 24 heavy (non-hydrogen) atoms. The van der Waals surface area contributed by atoms with Crippen molar-refractivity contribution in [3.63, 3.8) is 0 Å². The quantitative estimate of drug-likeness (QED) is 0.678. The average Bonchev–Trinajstić information content (AvgIpc) is 3.26. The summed E-state index contributed by atoms with van der Waals surface area (Å²) in [5.41, 5.74) is -0.866. The monoisotopic (exact) mass is 358 g/mol. The van der Waals surface area contributed by atoms with E-state index in [0.29, 0.717) is 32.8 Å². The van der Waals surface area contributed by atoms with E-state index in [9.17, 15) is 13.2 Å². The van der Waals surface area contributed by atoms with E-state index >= 15 is 0 Å². The van der Waals surface area contributed by atoms with Crippen molar-refractivity contribution in [1.82, 2.24) is 9.80 Å². The Bertz CT molecular complexity index is 618. The summed E-state index contributed by atoms with van der Waals surface area (Å²) < 4.78 is 36.7. The van der Waals surface area contributed by atoms with Gasteiger partial charge in [-0.05, 0) is 12.8 Å². The topological polar surface area (TPSA) is 76.2 Å². The number of rotatable bonds is 3. The van der Waals surface area contributed by atoms with Gasteiger partial charge in [-0.1, -0.05) is 6.92 Å². The molecular weight excluding hydrogens is 332 g/mol. The van der Waals surface area contributed by atoms with E-state index < -0.39 is 20.7 Å². The zero-order valence-corrected chi connectivity index (χ0v) is 15.0. The second kappa shape index (κ2) is 5.65. The molecule has 4 rings (SSSR count). The SMILES string of the molecule is CC1(C(=O)N2CC3(C2)CS(=O)(=O)[C@@H](CN2CCOCC2)CO3)CC1. The van der Waals surface area contributed by atoms with Crippen LogP contribution in [0.2, 0.25) is 0 Å². The molecule has 0 unspecified atom stereocenters. The first-order valence-corrected chi connectivity index (χ1v) is 10.5. The molecule has 4 aliphatic rings. The van der Waals surface area contributed by atoms with Crippen LogP contribution >= 0.6 is 0 Å². The maximum atomic E-state index is 12.7. The molecule has 1 atom stereocenters. The minimum absolute atomic E-state index is 0.0372. The van der Waals surface area contributed by atoms with Crippen molar-refractivity contribution in [2.75, 3.05) is 58.3 Å². The highest BCUT2D eigenvalue weighted by molar-refractivity contribution is 7.92. The van der Waals surface area contributed by atoms with Crippen molar-refractivity contribution in [3.8, 4) is 0 Å². The van der Waals surface area contributed by atoms with E-state index in [1.165, 1.54) is 0 Å². The molecule has 1 amide bonds. The number of hydrogen-bond acceptors (Lipinski definition) is 6. The van der Waals surface area contributed by atoms with Gasteiger partial charge < -0.3 is 14.4 Å². The predicted octanol–water partition coefficient (Wildman–Crippen LogP) is -0.487. The highest BCUT2D eigenvalue weighted by Crippen LogP contribution is 2.48. The van der Waals surface area contributed by atoms with Crippen LogP contribution in [0.15, 0.2) is 0 Å². The molecule has 0 bridgehead atoms. The van der Waals surface area contributed by atoms with Crippen LogP contribution in [0.1, 0.15) is 19.8 Å². The van der Waals surface area contributed by atoms with Gasteiger partial charge >= 0.3 is 0 Å². The first-order valence-electron chi connectivity index (χ1n) is 8.77. The summed E-state index contributed by atoms with van der Waals surface area (Å²) in [6, 6.07) is 0. The first-order chi connectivity index (χ1) is 11.3. The van der Waals surface area contributed by atoms with Crippen LogP contribution in [-0.2, 0) is 24.1 Å². The third-order valence-electron chi connectivity index (χ3n) is 5.87. The molecule has 0 aromatic rings. The molecule has 3 aliphatic heterocycles. The number of amides is 1. The second-order valence-electron chi connectivity index (χ2n) is 8.06. The number of ether oxygens (including phenoxy) is 2. The summed E-state index contributed by atoms with van der Waals surface area (Å²) in [7, 11) is -3.21. The Morgan fingerprint density at radius 3 is 2.46 bits per heavy atom.